The summed E-state index contributed by atoms with van der Waals surface area (Å²) in [5, 5.41) is 31.6. The lowest BCUT2D eigenvalue weighted by Gasteiger charge is -1.97. The molecule has 0 aliphatic carbocycles. The molecule has 0 fully saturated rings. The average molecular weight is 355 g/mol. The van der Waals surface area contributed by atoms with Crippen molar-refractivity contribution in [2.75, 3.05) is 7.11 Å². The van der Waals surface area contributed by atoms with Gasteiger partial charge in [-0.15, -0.1) is 0 Å². The van der Waals surface area contributed by atoms with Gasteiger partial charge < -0.3 is 10.8 Å². The number of nitrogens with zero attached hydrogens (tertiary/aromatic N) is 5. The molecule has 2 aromatic rings. The maximum Gasteiger partial charge on any atom is 0.188 e. The summed E-state index contributed by atoms with van der Waals surface area (Å²) >= 11 is 0. The van der Waals surface area contributed by atoms with E-state index in [9.17, 15) is 0 Å². The second-order valence-electron chi connectivity index (χ2n) is 4.75. The van der Waals surface area contributed by atoms with Gasteiger partial charge in [-0.05, 0) is 12.1 Å². The summed E-state index contributed by atoms with van der Waals surface area (Å²) in [7, 11) is 1.00. The van der Waals surface area contributed by atoms with Gasteiger partial charge in [0, 0.05) is 18.2 Å². The molecule has 27 heavy (non-hydrogen) atoms. The first kappa shape index (κ1) is 20.5. The van der Waals surface area contributed by atoms with E-state index in [2.05, 4.69) is 14.7 Å². The van der Waals surface area contributed by atoms with Crippen molar-refractivity contribution in [1.82, 2.24) is 0 Å². The minimum atomic E-state index is 0.137. The van der Waals surface area contributed by atoms with Crippen LogP contribution in [0.5, 0.6) is 0 Å². The van der Waals surface area contributed by atoms with Crippen molar-refractivity contribution in [1.29, 1.82) is 15.9 Å². The Morgan fingerprint density at radius 1 is 0.963 bits per heavy atom. The van der Waals surface area contributed by atoms with Gasteiger partial charge in [-0.25, -0.2) is 14.7 Å². The molecule has 8 nitrogen and oxygen atoms in total. The molecular weight excluding hydrogens is 342 g/mol. The fourth-order valence-corrected chi connectivity index (χ4v) is 2.05. The van der Waals surface area contributed by atoms with Crippen LogP contribution in [0.1, 0.15) is 22.3 Å². The highest BCUT2D eigenvalue weighted by molar-refractivity contribution is 6.21. The zero-order valence-electron chi connectivity index (χ0n) is 14.2. The van der Waals surface area contributed by atoms with Gasteiger partial charge in [0.15, 0.2) is 17.2 Å². The van der Waals surface area contributed by atoms with E-state index in [-0.39, 0.29) is 11.4 Å². The van der Waals surface area contributed by atoms with Gasteiger partial charge in [-0.1, -0.05) is 24.3 Å². The molecule has 0 aromatic heterocycles. The molecule has 0 saturated carbocycles. The summed E-state index contributed by atoms with van der Waals surface area (Å²) in [6.07, 6.45) is 0. The van der Waals surface area contributed by atoms with Crippen LogP contribution in [0.4, 0.5) is 11.4 Å². The molecule has 1 aliphatic rings. The fourth-order valence-electron chi connectivity index (χ4n) is 2.05. The fraction of sp³-hybridized carbons (Fsp3) is 0.0526. The summed E-state index contributed by atoms with van der Waals surface area (Å²) in [4.78, 5) is 10.2. The molecule has 1 aliphatic heterocycles. The normalized spacial score (nSPS) is 10.1. The molecule has 0 amide bonds. The van der Waals surface area contributed by atoms with Crippen molar-refractivity contribution in [2.45, 2.75) is 0 Å². The van der Waals surface area contributed by atoms with Crippen LogP contribution in [0.3, 0.4) is 0 Å². The summed E-state index contributed by atoms with van der Waals surface area (Å²) in [5.74, 6) is 0.495. The maximum absolute atomic E-state index is 8.57. The van der Waals surface area contributed by atoms with E-state index in [1.54, 1.807) is 18.2 Å². The second kappa shape index (κ2) is 9.71. The van der Waals surface area contributed by atoms with Crippen LogP contribution in [0.15, 0.2) is 41.4 Å². The smallest absolute Gasteiger partial charge is 0.188 e. The summed E-state index contributed by atoms with van der Waals surface area (Å²) < 4.78 is 0. The number of aliphatic hydroxyl groups is 1. The topological polar surface area (TPSA) is 139 Å². The van der Waals surface area contributed by atoms with Crippen LogP contribution in [0.25, 0.3) is 9.69 Å². The lowest BCUT2D eigenvalue weighted by Crippen LogP contribution is -2.09. The number of benzene rings is 2. The highest BCUT2D eigenvalue weighted by Crippen LogP contribution is 2.22. The van der Waals surface area contributed by atoms with Gasteiger partial charge in [0.25, 0.3) is 0 Å². The number of aliphatic imine (C=N–C) groups is 1. The molecule has 0 atom stereocenters. The van der Waals surface area contributed by atoms with Gasteiger partial charge in [-0.3, -0.25) is 5.41 Å². The Bertz CT molecular complexity index is 1070. The van der Waals surface area contributed by atoms with Gasteiger partial charge in [0.05, 0.1) is 30.3 Å². The highest BCUT2D eigenvalue weighted by atomic mass is 16.2. The molecule has 0 unspecified atom stereocenters. The summed E-state index contributed by atoms with van der Waals surface area (Å²) in [5.41, 5.74) is 8.41. The molecule has 8 heteroatoms. The summed E-state index contributed by atoms with van der Waals surface area (Å²) in [6, 6.07) is 13.2. The molecule has 0 bridgehead atoms. The number of hydrogen-bond acceptors (Lipinski definition) is 5. The third kappa shape index (κ3) is 4.75. The Morgan fingerprint density at radius 2 is 1.52 bits per heavy atom. The molecule has 1 heterocycles. The van der Waals surface area contributed by atoms with Gasteiger partial charge in [0.1, 0.15) is 11.9 Å². The Balaban J connectivity index is 0.000000248. The van der Waals surface area contributed by atoms with E-state index in [1.165, 1.54) is 18.2 Å². The number of nitrogens with two attached hydrogens (primary N) is 1. The largest absolute Gasteiger partial charge is 0.400 e. The van der Waals surface area contributed by atoms with Crippen LogP contribution >= 0.6 is 0 Å². The van der Waals surface area contributed by atoms with E-state index in [0.29, 0.717) is 28.3 Å². The molecule has 0 spiro atoms. The van der Waals surface area contributed by atoms with E-state index < -0.39 is 0 Å². The van der Waals surface area contributed by atoms with Crippen molar-refractivity contribution in [2.24, 2.45) is 10.7 Å². The van der Waals surface area contributed by atoms with Crippen LogP contribution in [-0.4, -0.2) is 23.9 Å². The monoisotopic (exact) mass is 355 g/mol. The predicted molar refractivity (Wildman–Crippen MR) is 101 cm³/mol. The third-order valence-electron chi connectivity index (χ3n) is 3.27. The third-order valence-corrected chi connectivity index (χ3v) is 3.27. The van der Waals surface area contributed by atoms with Gasteiger partial charge in [0.2, 0.25) is 0 Å². The van der Waals surface area contributed by atoms with Crippen molar-refractivity contribution in [3.8, 4) is 12.1 Å². The molecule has 3 rings (SSSR count). The number of nitriles is 2. The lowest BCUT2D eigenvalue weighted by molar-refractivity contribution is 0.399. The first-order valence-electron chi connectivity index (χ1n) is 7.25. The average Bonchev–Trinajstić information content (AvgIpc) is 3.02. The van der Waals surface area contributed by atoms with Crippen molar-refractivity contribution < 1.29 is 5.11 Å². The number of hydrogen-bond donors (Lipinski definition) is 3. The number of aliphatic hydroxyl groups excluding tert-OH is 1. The number of rotatable bonds is 0. The zero-order valence-corrected chi connectivity index (χ0v) is 14.2. The molecule has 0 saturated heterocycles. The molecule has 130 valence electrons. The maximum atomic E-state index is 8.57. The molecule has 2 aromatic carbocycles. The quantitative estimate of drug-likeness (QED) is 0.625. The van der Waals surface area contributed by atoms with Crippen LogP contribution in [0.2, 0.25) is 0 Å². The van der Waals surface area contributed by atoms with Gasteiger partial charge in [-0.2, -0.15) is 10.5 Å². The van der Waals surface area contributed by atoms with Gasteiger partial charge >= 0.3 is 0 Å². The minimum absolute atomic E-state index is 0.137. The van der Waals surface area contributed by atoms with E-state index in [1.807, 2.05) is 12.1 Å². The lowest BCUT2D eigenvalue weighted by atomic mass is 10.1. The van der Waals surface area contributed by atoms with E-state index in [0.717, 1.165) is 12.7 Å². The molecule has 0 radical (unpaired) electrons. The molecular formula is C19H13N7O. The number of fused-ring (bicyclic) bond motifs is 1. The predicted octanol–water partition coefficient (Wildman–Crippen LogP) is 2.87. The van der Waals surface area contributed by atoms with E-state index in [4.69, 9.17) is 39.9 Å². The van der Waals surface area contributed by atoms with Crippen molar-refractivity contribution >= 4 is 23.0 Å². The van der Waals surface area contributed by atoms with Crippen LogP contribution in [0, 0.1) is 41.2 Å². The zero-order chi connectivity index (χ0) is 20.4. The number of nitrogens with one attached hydrogen (secondary N) is 1. The van der Waals surface area contributed by atoms with Crippen LogP contribution < -0.4 is 5.73 Å². The van der Waals surface area contributed by atoms with Crippen LogP contribution in [-0.2, 0) is 0 Å². The number of amidine groups is 2. The SMILES string of the molecule is CO.[C-]#[N+]c1ccc(C#N)c(C#N)c1.[C-]#[N+]c1ccc2c(c1)C(=N)N=C2N. The van der Waals surface area contributed by atoms with Crippen molar-refractivity contribution in [3.63, 3.8) is 0 Å². The minimum Gasteiger partial charge on any atom is -0.400 e. The standard InChI is InChI=1S/C9H6N4.C9H3N3.CH4O/c1-12-5-2-3-6-7(4-5)9(11)13-8(6)10;1-12-9-3-2-7(5-10)8(4-9)6-11;1-2/h2-4H,(H3,10,11,13);2-4H;2H,1H3. The first-order valence-corrected chi connectivity index (χ1v) is 7.25. The second-order valence-corrected chi connectivity index (χ2v) is 4.75. The van der Waals surface area contributed by atoms with E-state index >= 15 is 0 Å². The Labute approximate surface area is 156 Å². The molecule has 4 N–H and O–H groups in total. The first-order chi connectivity index (χ1) is 13.0. The Morgan fingerprint density at radius 3 is 2.07 bits per heavy atom. The summed E-state index contributed by atoms with van der Waals surface area (Å²) in [6.45, 7) is 13.5. The highest BCUT2D eigenvalue weighted by Gasteiger charge is 2.17. The Kier molecular flexibility index (Phi) is 7.39. The Hall–Kier alpha value is -4.50. The van der Waals surface area contributed by atoms with Crippen molar-refractivity contribution in [3.05, 3.63) is 81.5 Å².